The van der Waals surface area contributed by atoms with E-state index in [1.807, 2.05) is 0 Å². The van der Waals surface area contributed by atoms with Gasteiger partial charge in [-0.25, -0.2) is 0 Å². The fraction of sp³-hybridized carbons (Fsp3) is 0.769. The molecule has 1 aliphatic heterocycles. The first kappa shape index (κ1) is 14.3. The minimum atomic E-state index is 0.209. The van der Waals surface area contributed by atoms with E-state index in [0.717, 1.165) is 25.9 Å². The third-order valence-corrected chi connectivity index (χ3v) is 3.36. The molecule has 2 heterocycles. The van der Waals surface area contributed by atoms with Gasteiger partial charge < -0.3 is 9.64 Å². The van der Waals surface area contributed by atoms with Gasteiger partial charge >= 0.3 is 6.01 Å². The van der Waals surface area contributed by atoms with Gasteiger partial charge in [-0.2, -0.15) is 15.0 Å². The van der Waals surface area contributed by atoms with Crippen molar-refractivity contribution in [1.82, 2.24) is 15.0 Å². The Bertz CT molecular complexity index is 396. The monoisotopic (exact) mass is 284 g/mol. The summed E-state index contributed by atoms with van der Waals surface area (Å²) in [6.45, 7) is 4.76. The van der Waals surface area contributed by atoms with E-state index in [4.69, 9.17) is 16.3 Å². The summed E-state index contributed by atoms with van der Waals surface area (Å²) >= 11 is 5.94. The number of halogens is 1. The Morgan fingerprint density at radius 3 is 2.63 bits per heavy atom. The average molecular weight is 285 g/mol. The van der Waals surface area contributed by atoms with E-state index < -0.39 is 0 Å². The van der Waals surface area contributed by atoms with Crippen LogP contribution < -0.4 is 9.64 Å². The van der Waals surface area contributed by atoms with Crippen molar-refractivity contribution in [2.24, 2.45) is 0 Å². The highest BCUT2D eigenvalue weighted by Gasteiger charge is 2.16. The minimum Gasteiger partial charge on any atom is -0.463 e. The Labute approximate surface area is 119 Å². The fourth-order valence-electron chi connectivity index (χ4n) is 2.14. The van der Waals surface area contributed by atoms with Crippen LogP contribution in [0, 0.1) is 0 Å². The SMILES string of the molecule is CCCCCOc1nc(Cl)nc(N2CCCCC2)n1. The summed E-state index contributed by atoms with van der Waals surface area (Å²) in [5.74, 6) is 0.644. The van der Waals surface area contributed by atoms with E-state index >= 15 is 0 Å². The molecule has 2 rings (SSSR count). The molecule has 0 radical (unpaired) electrons. The second kappa shape index (κ2) is 7.48. The van der Waals surface area contributed by atoms with Crippen LogP contribution >= 0.6 is 11.6 Å². The van der Waals surface area contributed by atoms with Crippen LogP contribution in [0.2, 0.25) is 5.28 Å². The lowest BCUT2D eigenvalue weighted by Gasteiger charge is -2.26. The van der Waals surface area contributed by atoms with Gasteiger partial charge in [-0.3, -0.25) is 0 Å². The molecule has 0 saturated carbocycles. The minimum absolute atomic E-state index is 0.209. The van der Waals surface area contributed by atoms with Crippen LogP contribution in [0.15, 0.2) is 0 Å². The molecule has 106 valence electrons. The molecule has 0 unspecified atom stereocenters. The zero-order valence-electron chi connectivity index (χ0n) is 11.4. The lowest BCUT2D eigenvalue weighted by molar-refractivity contribution is 0.281. The van der Waals surface area contributed by atoms with Crippen LogP contribution in [0.25, 0.3) is 0 Å². The quantitative estimate of drug-likeness (QED) is 0.752. The summed E-state index contributed by atoms with van der Waals surface area (Å²) in [6.07, 6.45) is 6.96. The summed E-state index contributed by atoms with van der Waals surface area (Å²) in [4.78, 5) is 14.7. The Morgan fingerprint density at radius 2 is 1.89 bits per heavy atom. The molecule has 0 amide bonds. The highest BCUT2D eigenvalue weighted by Crippen LogP contribution is 2.19. The molecule has 1 fully saturated rings. The Hall–Kier alpha value is -1.10. The predicted molar refractivity (Wildman–Crippen MR) is 75.9 cm³/mol. The molecule has 0 spiro atoms. The molecule has 1 aromatic rings. The molecule has 0 atom stereocenters. The fourth-order valence-corrected chi connectivity index (χ4v) is 2.29. The van der Waals surface area contributed by atoms with E-state index in [0.29, 0.717) is 18.6 Å². The average Bonchev–Trinajstić information content (AvgIpc) is 2.44. The maximum Gasteiger partial charge on any atom is 0.322 e. The lowest BCUT2D eigenvalue weighted by atomic mass is 10.1. The van der Waals surface area contributed by atoms with Crippen molar-refractivity contribution in [3.05, 3.63) is 5.28 Å². The Balaban J connectivity index is 1.97. The smallest absolute Gasteiger partial charge is 0.322 e. The van der Waals surface area contributed by atoms with E-state index in [-0.39, 0.29) is 5.28 Å². The highest BCUT2D eigenvalue weighted by atomic mass is 35.5. The molecule has 0 aliphatic carbocycles. The van der Waals surface area contributed by atoms with Crippen molar-refractivity contribution in [2.75, 3.05) is 24.6 Å². The van der Waals surface area contributed by atoms with Gasteiger partial charge in [0.05, 0.1) is 6.61 Å². The Kier molecular flexibility index (Phi) is 5.63. The topological polar surface area (TPSA) is 51.1 Å². The highest BCUT2D eigenvalue weighted by molar-refractivity contribution is 6.28. The summed E-state index contributed by atoms with van der Waals surface area (Å²) in [6, 6.07) is 0.344. The molecule has 6 heteroatoms. The van der Waals surface area contributed by atoms with Crippen LogP contribution in [-0.4, -0.2) is 34.6 Å². The van der Waals surface area contributed by atoms with Gasteiger partial charge in [-0.05, 0) is 37.3 Å². The molecule has 0 bridgehead atoms. The van der Waals surface area contributed by atoms with Crippen molar-refractivity contribution in [2.45, 2.75) is 45.4 Å². The standard InChI is InChI=1S/C13H21ClN4O/c1-2-3-7-10-19-13-16-11(14)15-12(17-13)18-8-5-4-6-9-18/h2-10H2,1H3. The summed E-state index contributed by atoms with van der Waals surface area (Å²) in [7, 11) is 0. The predicted octanol–water partition coefficient (Wildman–Crippen LogP) is 3.08. The van der Waals surface area contributed by atoms with E-state index in [9.17, 15) is 0 Å². The summed E-state index contributed by atoms with van der Waals surface area (Å²) in [5.41, 5.74) is 0. The second-order valence-corrected chi connectivity index (χ2v) is 5.13. The van der Waals surface area contributed by atoms with Gasteiger partial charge in [0.2, 0.25) is 11.2 Å². The van der Waals surface area contributed by atoms with Crippen LogP contribution in [-0.2, 0) is 0 Å². The van der Waals surface area contributed by atoms with Crippen LogP contribution in [0.3, 0.4) is 0 Å². The number of unbranched alkanes of at least 4 members (excludes halogenated alkanes) is 2. The zero-order valence-corrected chi connectivity index (χ0v) is 12.2. The molecule has 1 aliphatic rings. The molecule has 1 saturated heterocycles. The largest absolute Gasteiger partial charge is 0.463 e. The van der Waals surface area contributed by atoms with Crippen molar-refractivity contribution < 1.29 is 4.74 Å². The lowest BCUT2D eigenvalue weighted by Crippen LogP contribution is -2.31. The van der Waals surface area contributed by atoms with Gasteiger partial charge in [0, 0.05) is 13.1 Å². The first-order valence-electron chi connectivity index (χ1n) is 7.09. The summed E-state index contributed by atoms with van der Waals surface area (Å²) < 4.78 is 5.55. The van der Waals surface area contributed by atoms with E-state index in [1.165, 1.54) is 25.7 Å². The first-order chi connectivity index (χ1) is 9.29. The van der Waals surface area contributed by atoms with Gasteiger partial charge in [-0.1, -0.05) is 19.8 Å². The van der Waals surface area contributed by atoms with Crippen LogP contribution in [0.5, 0.6) is 6.01 Å². The van der Waals surface area contributed by atoms with Crippen molar-refractivity contribution >= 4 is 17.5 Å². The normalized spacial score (nSPS) is 15.6. The van der Waals surface area contributed by atoms with Gasteiger partial charge in [0.15, 0.2) is 0 Å². The first-order valence-corrected chi connectivity index (χ1v) is 7.46. The third kappa shape index (κ3) is 4.49. The number of hydrogen-bond donors (Lipinski definition) is 0. The maximum atomic E-state index is 5.94. The number of aromatic nitrogens is 3. The second-order valence-electron chi connectivity index (χ2n) is 4.79. The van der Waals surface area contributed by atoms with E-state index in [1.54, 1.807) is 0 Å². The van der Waals surface area contributed by atoms with Crippen LogP contribution in [0.4, 0.5) is 5.95 Å². The maximum absolute atomic E-state index is 5.94. The molecule has 5 nitrogen and oxygen atoms in total. The van der Waals surface area contributed by atoms with Crippen LogP contribution in [0.1, 0.15) is 45.4 Å². The Morgan fingerprint density at radius 1 is 1.11 bits per heavy atom. The number of rotatable bonds is 6. The summed E-state index contributed by atoms with van der Waals surface area (Å²) in [5, 5.41) is 0.209. The van der Waals surface area contributed by atoms with Gasteiger partial charge in [-0.15, -0.1) is 0 Å². The molecular weight excluding hydrogens is 264 g/mol. The third-order valence-electron chi connectivity index (χ3n) is 3.19. The molecule has 19 heavy (non-hydrogen) atoms. The number of piperidine rings is 1. The number of ether oxygens (including phenoxy) is 1. The number of nitrogens with zero attached hydrogens (tertiary/aromatic N) is 4. The zero-order chi connectivity index (χ0) is 13.5. The molecule has 0 N–H and O–H groups in total. The molecular formula is C13H21ClN4O. The van der Waals surface area contributed by atoms with Crippen molar-refractivity contribution in [3.63, 3.8) is 0 Å². The molecule has 1 aromatic heterocycles. The van der Waals surface area contributed by atoms with Gasteiger partial charge in [0.25, 0.3) is 0 Å². The molecule has 0 aromatic carbocycles. The van der Waals surface area contributed by atoms with Gasteiger partial charge in [0.1, 0.15) is 0 Å². The van der Waals surface area contributed by atoms with E-state index in [2.05, 4.69) is 26.8 Å². The van der Waals surface area contributed by atoms with Crippen molar-refractivity contribution in [3.8, 4) is 6.01 Å². The van der Waals surface area contributed by atoms with Crippen molar-refractivity contribution in [1.29, 1.82) is 0 Å². The number of hydrogen-bond acceptors (Lipinski definition) is 5. The number of anilines is 1.